The Morgan fingerprint density at radius 1 is 1.26 bits per heavy atom. The van der Waals surface area contributed by atoms with Crippen molar-refractivity contribution in [2.45, 2.75) is 20.5 Å². The molecule has 0 amide bonds. The van der Waals surface area contributed by atoms with Gasteiger partial charge in [-0.15, -0.1) is 0 Å². The molecule has 3 nitrogen and oxygen atoms in total. The number of aryl methyl sites for hydroxylation is 1. The summed E-state index contributed by atoms with van der Waals surface area (Å²) in [5.41, 5.74) is 2.79. The monoisotopic (exact) mass is 276 g/mol. The highest BCUT2D eigenvalue weighted by Gasteiger charge is 2.11. The van der Waals surface area contributed by atoms with Gasteiger partial charge in [0.25, 0.3) is 0 Å². The van der Waals surface area contributed by atoms with E-state index in [0.29, 0.717) is 10.7 Å². The quantitative estimate of drug-likeness (QED) is 0.925. The van der Waals surface area contributed by atoms with Gasteiger partial charge in [0.1, 0.15) is 5.82 Å². The summed E-state index contributed by atoms with van der Waals surface area (Å²) >= 11 is 5.97. The summed E-state index contributed by atoms with van der Waals surface area (Å²) in [6, 6.07) is 11.9. The van der Waals surface area contributed by atoms with Gasteiger partial charge >= 0.3 is 0 Å². The van der Waals surface area contributed by atoms with Gasteiger partial charge in [0.05, 0.1) is 17.3 Å². The van der Waals surface area contributed by atoms with Crippen molar-refractivity contribution in [3.05, 3.63) is 52.7 Å². The number of aliphatic hydroxyl groups is 1. The van der Waals surface area contributed by atoms with Crippen LogP contribution in [-0.2, 0) is 6.61 Å². The zero-order valence-corrected chi connectivity index (χ0v) is 11.9. The zero-order valence-electron chi connectivity index (χ0n) is 11.1. The van der Waals surface area contributed by atoms with Gasteiger partial charge in [0, 0.05) is 12.2 Å². The van der Waals surface area contributed by atoms with Gasteiger partial charge in [-0.2, -0.15) is 0 Å². The van der Waals surface area contributed by atoms with E-state index in [0.717, 1.165) is 18.1 Å². The molecule has 2 aromatic rings. The van der Waals surface area contributed by atoms with Crippen LogP contribution < -0.4 is 4.90 Å². The van der Waals surface area contributed by atoms with Crippen molar-refractivity contribution in [2.75, 3.05) is 11.4 Å². The van der Waals surface area contributed by atoms with Gasteiger partial charge in [0.2, 0.25) is 0 Å². The molecule has 0 saturated heterocycles. The van der Waals surface area contributed by atoms with Crippen LogP contribution in [0.15, 0.2) is 36.4 Å². The molecule has 0 aliphatic rings. The molecule has 0 aliphatic carbocycles. The lowest BCUT2D eigenvalue weighted by molar-refractivity contribution is 0.277. The Hall–Kier alpha value is -1.58. The summed E-state index contributed by atoms with van der Waals surface area (Å²) < 4.78 is 0. The Morgan fingerprint density at radius 2 is 2.05 bits per heavy atom. The second-order valence-corrected chi connectivity index (χ2v) is 4.75. The molecule has 2 rings (SSSR count). The first-order valence-electron chi connectivity index (χ1n) is 6.26. The lowest BCUT2D eigenvalue weighted by atomic mass is 10.2. The van der Waals surface area contributed by atoms with E-state index in [1.54, 1.807) is 6.07 Å². The molecule has 4 heteroatoms. The number of hydrogen-bond donors (Lipinski definition) is 1. The van der Waals surface area contributed by atoms with Crippen molar-refractivity contribution < 1.29 is 5.11 Å². The van der Waals surface area contributed by atoms with Crippen LogP contribution in [0, 0.1) is 6.92 Å². The second kappa shape index (κ2) is 6.04. The van der Waals surface area contributed by atoms with Crippen LogP contribution in [0.4, 0.5) is 11.5 Å². The smallest absolute Gasteiger partial charge is 0.133 e. The molecule has 0 aliphatic heterocycles. The van der Waals surface area contributed by atoms with E-state index in [9.17, 15) is 5.11 Å². The van der Waals surface area contributed by atoms with Crippen LogP contribution in [-0.4, -0.2) is 16.6 Å². The fraction of sp³-hybridized carbons (Fsp3) is 0.267. The topological polar surface area (TPSA) is 36.4 Å². The summed E-state index contributed by atoms with van der Waals surface area (Å²) in [6.45, 7) is 4.77. The van der Waals surface area contributed by atoms with E-state index < -0.39 is 0 Å². The number of pyridine rings is 1. The van der Waals surface area contributed by atoms with E-state index >= 15 is 0 Å². The third kappa shape index (κ3) is 3.06. The minimum atomic E-state index is -0.155. The van der Waals surface area contributed by atoms with Crippen molar-refractivity contribution in [1.82, 2.24) is 4.98 Å². The molecule has 1 aromatic carbocycles. The van der Waals surface area contributed by atoms with Crippen LogP contribution in [0.25, 0.3) is 0 Å². The van der Waals surface area contributed by atoms with Crippen molar-refractivity contribution in [3.63, 3.8) is 0 Å². The minimum absolute atomic E-state index is 0.155. The number of benzene rings is 1. The summed E-state index contributed by atoms with van der Waals surface area (Å²) in [5, 5.41) is 9.74. The third-order valence-corrected chi connectivity index (χ3v) is 3.30. The SMILES string of the molecule is CCN(c1cccc(C)c1)c1ccc(Cl)c(CO)n1. The molecule has 0 fully saturated rings. The average Bonchev–Trinajstić information content (AvgIpc) is 2.41. The Bertz CT molecular complexity index is 572. The molecule has 1 aromatic heterocycles. The number of halogens is 1. The van der Waals surface area contributed by atoms with Crippen LogP contribution in [0.3, 0.4) is 0 Å². The lowest BCUT2D eigenvalue weighted by Gasteiger charge is -2.23. The normalized spacial score (nSPS) is 10.5. The molecule has 0 radical (unpaired) electrons. The standard InChI is InChI=1S/C15H17ClN2O/c1-3-18(12-6-4-5-11(2)9-12)15-8-7-13(16)14(10-19)17-15/h4-9,19H,3,10H2,1-2H3. The second-order valence-electron chi connectivity index (χ2n) is 4.34. The molecular formula is C15H17ClN2O. The van der Waals surface area contributed by atoms with Gasteiger partial charge < -0.3 is 10.0 Å². The predicted molar refractivity (Wildman–Crippen MR) is 79.0 cm³/mol. The Balaban J connectivity index is 2.42. The first-order chi connectivity index (χ1) is 9.15. The minimum Gasteiger partial charge on any atom is -0.390 e. The number of aromatic nitrogens is 1. The fourth-order valence-electron chi connectivity index (χ4n) is 2.01. The first kappa shape index (κ1) is 13.8. The molecule has 19 heavy (non-hydrogen) atoms. The predicted octanol–water partition coefficient (Wildman–Crippen LogP) is 3.69. The molecule has 1 heterocycles. The Morgan fingerprint density at radius 3 is 2.68 bits per heavy atom. The largest absolute Gasteiger partial charge is 0.390 e. The number of rotatable bonds is 4. The molecule has 1 N–H and O–H groups in total. The maximum atomic E-state index is 9.25. The summed E-state index contributed by atoms with van der Waals surface area (Å²) in [4.78, 5) is 6.50. The van der Waals surface area contributed by atoms with Crippen molar-refractivity contribution in [3.8, 4) is 0 Å². The first-order valence-corrected chi connectivity index (χ1v) is 6.64. The summed E-state index contributed by atoms with van der Waals surface area (Å²) in [6.07, 6.45) is 0. The van der Waals surface area contributed by atoms with E-state index in [2.05, 4.69) is 35.9 Å². The number of aliphatic hydroxyl groups excluding tert-OH is 1. The van der Waals surface area contributed by atoms with Gasteiger partial charge in [-0.05, 0) is 43.7 Å². The van der Waals surface area contributed by atoms with E-state index in [4.69, 9.17) is 11.6 Å². The van der Waals surface area contributed by atoms with E-state index in [1.165, 1.54) is 5.56 Å². The number of anilines is 2. The zero-order chi connectivity index (χ0) is 13.8. The average molecular weight is 277 g/mol. The van der Waals surface area contributed by atoms with Crippen molar-refractivity contribution in [2.24, 2.45) is 0 Å². The van der Waals surface area contributed by atoms with Crippen LogP contribution in [0.2, 0.25) is 5.02 Å². The molecule has 0 unspecified atom stereocenters. The van der Waals surface area contributed by atoms with E-state index in [-0.39, 0.29) is 6.61 Å². The van der Waals surface area contributed by atoms with Crippen LogP contribution in [0.1, 0.15) is 18.2 Å². The molecule has 100 valence electrons. The molecular weight excluding hydrogens is 260 g/mol. The highest BCUT2D eigenvalue weighted by Crippen LogP contribution is 2.26. The molecule has 0 saturated carbocycles. The van der Waals surface area contributed by atoms with Crippen molar-refractivity contribution in [1.29, 1.82) is 0 Å². The van der Waals surface area contributed by atoms with Crippen LogP contribution in [0.5, 0.6) is 0 Å². The Kier molecular flexibility index (Phi) is 4.40. The van der Waals surface area contributed by atoms with Gasteiger partial charge in [-0.25, -0.2) is 4.98 Å². The number of nitrogens with zero attached hydrogens (tertiary/aromatic N) is 2. The van der Waals surface area contributed by atoms with Gasteiger partial charge in [-0.3, -0.25) is 0 Å². The fourth-order valence-corrected chi connectivity index (χ4v) is 2.17. The van der Waals surface area contributed by atoms with Gasteiger partial charge in [0.15, 0.2) is 0 Å². The maximum absolute atomic E-state index is 9.25. The van der Waals surface area contributed by atoms with E-state index in [1.807, 2.05) is 18.2 Å². The number of hydrogen-bond acceptors (Lipinski definition) is 3. The lowest BCUT2D eigenvalue weighted by Crippen LogP contribution is -2.18. The highest BCUT2D eigenvalue weighted by atomic mass is 35.5. The highest BCUT2D eigenvalue weighted by molar-refractivity contribution is 6.31. The molecule has 0 atom stereocenters. The summed E-state index contributed by atoms with van der Waals surface area (Å²) in [7, 11) is 0. The van der Waals surface area contributed by atoms with Gasteiger partial charge in [-0.1, -0.05) is 23.7 Å². The molecule has 0 bridgehead atoms. The molecule has 0 spiro atoms. The summed E-state index contributed by atoms with van der Waals surface area (Å²) in [5.74, 6) is 0.793. The van der Waals surface area contributed by atoms with Crippen LogP contribution >= 0.6 is 11.6 Å². The maximum Gasteiger partial charge on any atom is 0.133 e. The Labute approximate surface area is 118 Å². The van der Waals surface area contributed by atoms with Crippen molar-refractivity contribution >= 4 is 23.1 Å². The third-order valence-electron chi connectivity index (χ3n) is 2.96.